The maximum absolute atomic E-state index is 12.4. The summed E-state index contributed by atoms with van der Waals surface area (Å²) in [6.07, 6.45) is 2.56. The number of nitrogens with one attached hydrogen (secondary N) is 1. The first-order chi connectivity index (χ1) is 13.1. The third-order valence-electron chi connectivity index (χ3n) is 5.46. The van der Waals surface area contributed by atoms with Crippen molar-refractivity contribution in [1.29, 1.82) is 0 Å². The zero-order chi connectivity index (χ0) is 19.1. The van der Waals surface area contributed by atoms with Crippen molar-refractivity contribution in [3.8, 4) is 0 Å². The molecule has 6 nitrogen and oxygen atoms in total. The van der Waals surface area contributed by atoms with Crippen LogP contribution in [0.3, 0.4) is 0 Å². The average Bonchev–Trinajstić information content (AvgIpc) is 3.10. The van der Waals surface area contributed by atoms with Gasteiger partial charge in [-0.25, -0.2) is 0 Å². The Morgan fingerprint density at radius 2 is 1.78 bits per heavy atom. The Bertz CT molecular complexity index is 614. The minimum Gasteiger partial charge on any atom is -0.466 e. The molecule has 1 aromatic rings. The van der Waals surface area contributed by atoms with Gasteiger partial charge >= 0.3 is 5.97 Å². The van der Waals surface area contributed by atoms with Gasteiger partial charge < -0.3 is 10.1 Å². The molecule has 0 aromatic heterocycles. The summed E-state index contributed by atoms with van der Waals surface area (Å²) in [6, 6.07) is 10.7. The fourth-order valence-electron chi connectivity index (χ4n) is 4.00. The number of nitrogens with zero attached hydrogens (tertiary/aromatic N) is 2. The highest BCUT2D eigenvalue weighted by Crippen LogP contribution is 2.18. The molecule has 2 aliphatic rings. The lowest BCUT2D eigenvalue weighted by Crippen LogP contribution is -2.46. The van der Waals surface area contributed by atoms with E-state index in [1.54, 1.807) is 0 Å². The number of carbonyl (C=O) groups is 2. The number of ether oxygens (including phenoxy) is 1. The third kappa shape index (κ3) is 6.04. The number of carbonyl (C=O) groups excluding carboxylic acids is 2. The van der Waals surface area contributed by atoms with Gasteiger partial charge in [0.1, 0.15) is 0 Å². The molecule has 148 valence electrons. The number of likely N-dealkylation sites (tertiary alicyclic amines) is 2. The molecule has 0 bridgehead atoms. The SMILES string of the molecule is CCOC(=O)C1CCN(CC(=O)N[C@@H]2CCN(Cc3ccccc3)C2)CC1. The first-order valence-corrected chi connectivity index (χ1v) is 10.1. The van der Waals surface area contributed by atoms with Gasteiger partial charge in [-0.15, -0.1) is 0 Å². The van der Waals surface area contributed by atoms with Crippen molar-refractivity contribution >= 4 is 11.9 Å². The van der Waals surface area contributed by atoms with Crippen LogP contribution in [0.25, 0.3) is 0 Å². The number of hydrogen-bond acceptors (Lipinski definition) is 5. The van der Waals surface area contributed by atoms with Crippen LogP contribution in [-0.4, -0.2) is 67.0 Å². The molecule has 1 aromatic carbocycles. The second-order valence-corrected chi connectivity index (χ2v) is 7.58. The molecule has 2 aliphatic heterocycles. The van der Waals surface area contributed by atoms with Gasteiger partial charge in [0.25, 0.3) is 0 Å². The maximum atomic E-state index is 12.4. The molecule has 27 heavy (non-hydrogen) atoms. The van der Waals surface area contributed by atoms with E-state index in [4.69, 9.17) is 4.74 Å². The fraction of sp³-hybridized carbons (Fsp3) is 0.619. The topological polar surface area (TPSA) is 61.9 Å². The second-order valence-electron chi connectivity index (χ2n) is 7.58. The molecule has 1 amide bonds. The Labute approximate surface area is 161 Å². The zero-order valence-electron chi connectivity index (χ0n) is 16.2. The van der Waals surface area contributed by atoms with Crippen molar-refractivity contribution in [2.75, 3.05) is 39.3 Å². The Kier molecular flexibility index (Phi) is 7.24. The third-order valence-corrected chi connectivity index (χ3v) is 5.46. The molecule has 0 saturated carbocycles. The molecule has 1 atom stereocenters. The number of amides is 1. The second kappa shape index (κ2) is 9.85. The molecule has 0 spiro atoms. The van der Waals surface area contributed by atoms with E-state index in [1.807, 2.05) is 13.0 Å². The molecule has 1 N–H and O–H groups in total. The van der Waals surface area contributed by atoms with Gasteiger partial charge in [0.2, 0.25) is 5.91 Å². The highest BCUT2D eigenvalue weighted by molar-refractivity contribution is 5.78. The van der Waals surface area contributed by atoms with Crippen molar-refractivity contribution in [3.63, 3.8) is 0 Å². The molecular weight excluding hydrogens is 342 g/mol. The minimum absolute atomic E-state index is 0.00867. The van der Waals surface area contributed by atoms with Gasteiger partial charge in [0, 0.05) is 25.7 Å². The number of piperidine rings is 1. The Morgan fingerprint density at radius 3 is 2.48 bits per heavy atom. The van der Waals surface area contributed by atoms with Crippen LogP contribution in [0, 0.1) is 5.92 Å². The molecule has 2 heterocycles. The lowest BCUT2D eigenvalue weighted by Gasteiger charge is -2.30. The van der Waals surface area contributed by atoms with E-state index in [2.05, 4.69) is 39.4 Å². The normalized spacial score (nSPS) is 21.9. The van der Waals surface area contributed by atoms with E-state index < -0.39 is 0 Å². The van der Waals surface area contributed by atoms with Crippen molar-refractivity contribution in [3.05, 3.63) is 35.9 Å². The molecular formula is C21H31N3O3. The van der Waals surface area contributed by atoms with Crippen LogP contribution < -0.4 is 5.32 Å². The van der Waals surface area contributed by atoms with Crippen molar-refractivity contribution in [2.45, 2.75) is 38.8 Å². The first-order valence-electron chi connectivity index (χ1n) is 10.1. The Morgan fingerprint density at radius 1 is 1.07 bits per heavy atom. The largest absolute Gasteiger partial charge is 0.466 e. The van der Waals surface area contributed by atoms with Crippen LogP contribution in [0.15, 0.2) is 30.3 Å². The molecule has 0 radical (unpaired) electrons. The smallest absolute Gasteiger partial charge is 0.309 e. The van der Waals surface area contributed by atoms with Crippen LogP contribution in [0.5, 0.6) is 0 Å². The maximum Gasteiger partial charge on any atom is 0.309 e. The summed E-state index contributed by atoms with van der Waals surface area (Å²) in [7, 11) is 0. The molecule has 2 fully saturated rings. The predicted octanol–water partition coefficient (Wildman–Crippen LogP) is 1.65. The summed E-state index contributed by atoms with van der Waals surface area (Å²) in [5.41, 5.74) is 1.31. The first kappa shape index (κ1) is 19.8. The summed E-state index contributed by atoms with van der Waals surface area (Å²) >= 11 is 0. The summed E-state index contributed by atoms with van der Waals surface area (Å²) in [6.45, 7) is 7.12. The van der Waals surface area contributed by atoms with Gasteiger partial charge in [0.05, 0.1) is 19.1 Å². The van der Waals surface area contributed by atoms with Gasteiger partial charge in [-0.05, 0) is 44.8 Å². The quantitative estimate of drug-likeness (QED) is 0.737. The van der Waals surface area contributed by atoms with E-state index in [0.29, 0.717) is 13.2 Å². The summed E-state index contributed by atoms with van der Waals surface area (Å²) < 4.78 is 5.10. The van der Waals surface area contributed by atoms with Crippen LogP contribution >= 0.6 is 0 Å². The molecule has 0 aliphatic carbocycles. The standard InChI is InChI=1S/C21H31N3O3/c1-2-27-21(26)18-8-11-23(12-9-18)16-20(25)22-19-10-13-24(15-19)14-17-6-4-3-5-7-17/h3-7,18-19H,2,8-16H2,1H3,(H,22,25)/t19-/m1/s1. The summed E-state index contributed by atoms with van der Waals surface area (Å²) in [5, 5.41) is 3.18. The van der Waals surface area contributed by atoms with Gasteiger partial charge in [0.15, 0.2) is 0 Å². The average molecular weight is 373 g/mol. The summed E-state index contributed by atoms with van der Waals surface area (Å²) in [5.74, 6) is -0.00662. The van der Waals surface area contributed by atoms with Crippen LogP contribution in [-0.2, 0) is 20.9 Å². The molecule has 3 rings (SSSR count). The van der Waals surface area contributed by atoms with E-state index in [0.717, 1.165) is 52.0 Å². The van der Waals surface area contributed by atoms with Crippen molar-refractivity contribution in [1.82, 2.24) is 15.1 Å². The van der Waals surface area contributed by atoms with Gasteiger partial charge in [-0.3, -0.25) is 19.4 Å². The molecule has 0 unspecified atom stereocenters. The lowest BCUT2D eigenvalue weighted by atomic mass is 9.97. The number of rotatable bonds is 7. The van der Waals surface area contributed by atoms with Gasteiger partial charge in [-0.2, -0.15) is 0 Å². The lowest BCUT2D eigenvalue weighted by molar-refractivity contribution is -0.149. The zero-order valence-corrected chi connectivity index (χ0v) is 16.2. The van der Waals surface area contributed by atoms with Crippen molar-refractivity contribution in [2.24, 2.45) is 5.92 Å². The van der Waals surface area contributed by atoms with Crippen LogP contribution in [0.1, 0.15) is 31.7 Å². The minimum atomic E-state index is -0.0916. The molecule has 2 saturated heterocycles. The number of esters is 1. The van der Waals surface area contributed by atoms with E-state index in [-0.39, 0.29) is 23.8 Å². The monoisotopic (exact) mass is 373 g/mol. The predicted molar refractivity (Wildman–Crippen MR) is 104 cm³/mol. The van der Waals surface area contributed by atoms with E-state index >= 15 is 0 Å². The van der Waals surface area contributed by atoms with Crippen LogP contribution in [0.4, 0.5) is 0 Å². The molecule has 6 heteroatoms. The fourth-order valence-corrected chi connectivity index (χ4v) is 4.00. The van der Waals surface area contributed by atoms with E-state index in [9.17, 15) is 9.59 Å². The Hall–Kier alpha value is -1.92. The number of benzene rings is 1. The highest BCUT2D eigenvalue weighted by Gasteiger charge is 2.28. The van der Waals surface area contributed by atoms with Gasteiger partial charge in [-0.1, -0.05) is 30.3 Å². The summed E-state index contributed by atoms with van der Waals surface area (Å²) in [4.78, 5) is 28.7. The van der Waals surface area contributed by atoms with Crippen LogP contribution in [0.2, 0.25) is 0 Å². The van der Waals surface area contributed by atoms with Crippen molar-refractivity contribution < 1.29 is 14.3 Å². The Balaban J connectivity index is 1.35. The number of hydrogen-bond donors (Lipinski definition) is 1. The van der Waals surface area contributed by atoms with E-state index in [1.165, 1.54) is 5.56 Å². The highest BCUT2D eigenvalue weighted by atomic mass is 16.5.